The third kappa shape index (κ3) is 6.41. The van der Waals surface area contributed by atoms with Gasteiger partial charge in [-0.2, -0.15) is 0 Å². The Hall–Kier alpha value is -2.68. The van der Waals surface area contributed by atoms with Gasteiger partial charge in [0.25, 0.3) is 10.0 Å². The smallest absolute Gasteiger partial charge is 0.264 e. The van der Waals surface area contributed by atoms with Crippen LogP contribution in [0.4, 0.5) is 5.69 Å². The number of hydrogen-bond acceptors (Lipinski definition) is 5. The number of amides is 1. The lowest BCUT2D eigenvalue weighted by molar-refractivity contribution is -0.119. The van der Waals surface area contributed by atoms with Crippen LogP contribution < -0.4 is 14.4 Å². The van der Waals surface area contributed by atoms with Crippen molar-refractivity contribution < 1.29 is 17.9 Å². The number of thioether (sulfide) groups is 1. The van der Waals surface area contributed by atoms with E-state index in [4.69, 9.17) is 16.3 Å². The van der Waals surface area contributed by atoms with Gasteiger partial charge in [-0.1, -0.05) is 29.8 Å². The molecular formula is C23H23ClN2O4S2. The molecule has 32 heavy (non-hydrogen) atoms. The zero-order valence-corrected chi connectivity index (χ0v) is 19.8. The number of benzene rings is 3. The summed E-state index contributed by atoms with van der Waals surface area (Å²) in [6, 6.07) is 22.1. The van der Waals surface area contributed by atoms with Gasteiger partial charge in [0.05, 0.1) is 17.7 Å². The van der Waals surface area contributed by atoms with Crippen LogP contribution in [0, 0.1) is 0 Å². The Labute approximate surface area is 197 Å². The number of methoxy groups -OCH3 is 1. The van der Waals surface area contributed by atoms with Crippen molar-refractivity contribution in [3.8, 4) is 5.75 Å². The molecule has 168 valence electrons. The fourth-order valence-corrected chi connectivity index (χ4v) is 5.18. The van der Waals surface area contributed by atoms with Crippen LogP contribution in [0.1, 0.15) is 0 Å². The van der Waals surface area contributed by atoms with Crippen LogP contribution >= 0.6 is 23.4 Å². The standard InChI is InChI=1S/C23H23ClN2O4S2/c1-30-20-9-13-22(14-10-20)32(28,29)26(19-5-3-2-4-6-19)17-23(27)25-15-16-31-21-11-7-18(24)8-12-21/h2-14H,15-17H2,1H3,(H,25,27). The van der Waals surface area contributed by atoms with E-state index in [0.717, 1.165) is 9.20 Å². The molecule has 3 rings (SSSR count). The number of ether oxygens (including phenoxy) is 1. The SMILES string of the molecule is COc1ccc(S(=O)(=O)N(CC(=O)NCCSc2ccc(Cl)cc2)c2ccccc2)cc1. The second-order valence-corrected chi connectivity index (χ2v) is 10.1. The fraction of sp³-hybridized carbons (Fsp3) is 0.174. The summed E-state index contributed by atoms with van der Waals surface area (Å²) in [6.07, 6.45) is 0. The predicted octanol–water partition coefficient (Wildman–Crippen LogP) is 4.45. The van der Waals surface area contributed by atoms with Crippen LogP contribution in [0.25, 0.3) is 0 Å². The lowest BCUT2D eigenvalue weighted by Gasteiger charge is -2.24. The van der Waals surface area contributed by atoms with E-state index in [9.17, 15) is 13.2 Å². The zero-order valence-electron chi connectivity index (χ0n) is 17.4. The Morgan fingerprint density at radius 2 is 1.66 bits per heavy atom. The van der Waals surface area contributed by atoms with Crippen LogP contribution in [0.2, 0.25) is 5.02 Å². The first-order valence-corrected chi connectivity index (χ1v) is 12.6. The quantitative estimate of drug-likeness (QED) is 0.335. The number of nitrogens with one attached hydrogen (secondary N) is 1. The van der Waals surface area contributed by atoms with E-state index in [2.05, 4.69) is 5.32 Å². The highest BCUT2D eigenvalue weighted by atomic mass is 35.5. The molecule has 3 aromatic rings. The molecule has 0 unspecified atom stereocenters. The fourth-order valence-electron chi connectivity index (χ4n) is 2.86. The van der Waals surface area contributed by atoms with Crippen LogP contribution in [-0.4, -0.2) is 40.3 Å². The van der Waals surface area contributed by atoms with Crippen LogP contribution in [0.5, 0.6) is 5.75 Å². The summed E-state index contributed by atoms with van der Waals surface area (Å²) in [7, 11) is -2.44. The molecule has 0 saturated heterocycles. The molecule has 6 nitrogen and oxygen atoms in total. The van der Waals surface area contributed by atoms with Gasteiger partial charge in [-0.15, -0.1) is 11.8 Å². The summed E-state index contributed by atoms with van der Waals surface area (Å²) in [5.74, 6) is 0.804. The molecule has 0 fully saturated rings. The molecular weight excluding hydrogens is 468 g/mol. The number of sulfonamides is 1. The minimum Gasteiger partial charge on any atom is -0.497 e. The van der Waals surface area contributed by atoms with Crippen molar-refractivity contribution in [2.75, 3.05) is 30.3 Å². The summed E-state index contributed by atoms with van der Waals surface area (Å²) in [5.41, 5.74) is 0.411. The van der Waals surface area contributed by atoms with E-state index >= 15 is 0 Å². The maximum absolute atomic E-state index is 13.3. The van der Waals surface area contributed by atoms with Gasteiger partial charge in [0.1, 0.15) is 12.3 Å². The molecule has 0 heterocycles. The maximum atomic E-state index is 13.3. The van der Waals surface area contributed by atoms with E-state index in [1.807, 2.05) is 24.3 Å². The lowest BCUT2D eigenvalue weighted by Crippen LogP contribution is -2.41. The summed E-state index contributed by atoms with van der Waals surface area (Å²) in [6.45, 7) is 0.0708. The molecule has 1 N–H and O–H groups in total. The summed E-state index contributed by atoms with van der Waals surface area (Å²) in [5, 5.41) is 3.46. The largest absolute Gasteiger partial charge is 0.497 e. The van der Waals surface area contributed by atoms with Gasteiger partial charge in [0.15, 0.2) is 0 Å². The number of para-hydroxylation sites is 1. The molecule has 0 aliphatic rings. The molecule has 3 aromatic carbocycles. The maximum Gasteiger partial charge on any atom is 0.264 e. The second-order valence-electron chi connectivity index (χ2n) is 6.68. The highest BCUT2D eigenvalue weighted by Crippen LogP contribution is 2.25. The van der Waals surface area contributed by atoms with Crippen molar-refractivity contribution in [1.82, 2.24) is 5.32 Å². The highest BCUT2D eigenvalue weighted by molar-refractivity contribution is 7.99. The van der Waals surface area contributed by atoms with E-state index in [1.54, 1.807) is 54.2 Å². The van der Waals surface area contributed by atoms with E-state index in [-0.39, 0.29) is 17.3 Å². The summed E-state index contributed by atoms with van der Waals surface area (Å²) in [4.78, 5) is 13.7. The topological polar surface area (TPSA) is 75.7 Å². The number of halogens is 1. The summed E-state index contributed by atoms with van der Waals surface area (Å²) < 4.78 is 32.8. The zero-order chi connectivity index (χ0) is 23.0. The van der Waals surface area contributed by atoms with E-state index < -0.39 is 10.0 Å². The van der Waals surface area contributed by atoms with Gasteiger partial charge >= 0.3 is 0 Å². The van der Waals surface area contributed by atoms with Gasteiger partial charge in [-0.05, 0) is 60.7 Å². The predicted molar refractivity (Wildman–Crippen MR) is 129 cm³/mol. The third-order valence-corrected chi connectivity index (χ3v) is 7.54. The number of nitrogens with zero attached hydrogens (tertiary/aromatic N) is 1. The van der Waals surface area contributed by atoms with Crippen molar-refractivity contribution in [2.24, 2.45) is 0 Å². The van der Waals surface area contributed by atoms with Crippen molar-refractivity contribution in [3.63, 3.8) is 0 Å². The minimum absolute atomic E-state index is 0.0771. The Bertz CT molecular complexity index is 1120. The average molecular weight is 491 g/mol. The first-order chi connectivity index (χ1) is 15.4. The summed E-state index contributed by atoms with van der Waals surface area (Å²) >= 11 is 7.46. The molecule has 9 heteroatoms. The molecule has 0 aliphatic heterocycles. The van der Waals surface area contributed by atoms with Gasteiger partial charge < -0.3 is 10.1 Å². The van der Waals surface area contributed by atoms with Crippen LogP contribution in [0.3, 0.4) is 0 Å². The Morgan fingerprint density at radius 3 is 2.28 bits per heavy atom. The lowest BCUT2D eigenvalue weighted by atomic mass is 10.3. The van der Waals surface area contributed by atoms with Crippen molar-refractivity contribution in [3.05, 3.63) is 83.9 Å². The van der Waals surface area contributed by atoms with Crippen molar-refractivity contribution >= 4 is 45.0 Å². The van der Waals surface area contributed by atoms with Crippen molar-refractivity contribution in [2.45, 2.75) is 9.79 Å². The van der Waals surface area contributed by atoms with Crippen LogP contribution in [-0.2, 0) is 14.8 Å². The first kappa shape index (κ1) is 24.0. The molecule has 0 spiro atoms. The number of carbonyl (C=O) groups is 1. The van der Waals surface area contributed by atoms with Gasteiger partial charge in [0.2, 0.25) is 5.91 Å². The Balaban J connectivity index is 1.67. The van der Waals surface area contributed by atoms with E-state index in [0.29, 0.717) is 28.8 Å². The third-order valence-electron chi connectivity index (χ3n) is 4.49. The monoisotopic (exact) mass is 490 g/mol. The van der Waals surface area contributed by atoms with Gasteiger partial charge in [-0.25, -0.2) is 8.42 Å². The van der Waals surface area contributed by atoms with Gasteiger partial charge in [-0.3, -0.25) is 9.10 Å². The Morgan fingerprint density at radius 1 is 1.00 bits per heavy atom. The number of hydrogen-bond donors (Lipinski definition) is 1. The Kier molecular flexibility index (Phi) is 8.44. The number of rotatable bonds is 10. The molecule has 0 saturated carbocycles. The normalized spacial score (nSPS) is 11.1. The van der Waals surface area contributed by atoms with Crippen molar-refractivity contribution in [1.29, 1.82) is 0 Å². The highest BCUT2D eigenvalue weighted by Gasteiger charge is 2.27. The minimum atomic E-state index is -3.95. The number of anilines is 1. The first-order valence-electron chi connectivity index (χ1n) is 9.77. The van der Waals surface area contributed by atoms with Crippen LogP contribution in [0.15, 0.2) is 88.7 Å². The number of carbonyl (C=O) groups excluding carboxylic acids is 1. The molecule has 1 amide bonds. The van der Waals surface area contributed by atoms with E-state index in [1.165, 1.54) is 19.2 Å². The molecule has 0 radical (unpaired) electrons. The second kappa shape index (κ2) is 11.3. The molecule has 0 bridgehead atoms. The molecule has 0 atom stereocenters. The average Bonchev–Trinajstić information content (AvgIpc) is 2.82. The molecule has 0 aliphatic carbocycles. The molecule has 0 aromatic heterocycles. The van der Waals surface area contributed by atoms with Gasteiger partial charge in [0, 0.05) is 22.2 Å².